The zero-order chi connectivity index (χ0) is 22.7. The highest BCUT2D eigenvalue weighted by Crippen LogP contribution is 2.42. The second-order valence-corrected chi connectivity index (χ2v) is 8.80. The summed E-state index contributed by atoms with van der Waals surface area (Å²) in [6.07, 6.45) is 8.66. The van der Waals surface area contributed by atoms with Gasteiger partial charge in [-0.3, -0.25) is 9.78 Å². The summed E-state index contributed by atoms with van der Waals surface area (Å²) in [4.78, 5) is 16.9. The minimum atomic E-state index is -0.286. The molecule has 1 heterocycles. The fourth-order valence-corrected chi connectivity index (χ4v) is 4.30. The Morgan fingerprint density at radius 1 is 1.19 bits per heavy atom. The number of pyridine rings is 1. The number of carbonyl (C=O) groups excluding carboxylic acids is 1. The SMILES string of the molecule is CC1=C(C=CC(=O)Nc2cccc3cnccc23)C(C)(C)CCC1Oc1ccc(F)cc1. The van der Waals surface area contributed by atoms with E-state index in [9.17, 15) is 9.18 Å². The van der Waals surface area contributed by atoms with Crippen molar-refractivity contribution in [3.05, 3.63) is 90.0 Å². The smallest absolute Gasteiger partial charge is 0.248 e. The summed E-state index contributed by atoms with van der Waals surface area (Å²) < 4.78 is 19.3. The van der Waals surface area contributed by atoms with Crippen molar-refractivity contribution in [1.29, 1.82) is 0 Å². The number of aromatic nitrogens is 1. The van der Waals surface area contributed by atoms with Gasteiger partial charge in [-0.2, -0.15) is 0 Å². The van der Waals surface area contributed by atoms with E-state index in [1.54, 1.807) is 30.6 Å². The molecule has 0 saturated carbocycles. The zero-order valence-electron chi connectivity index (χ0n) is 18.6. The number of anilines is 1. The van der Waals surface area contributed by atoms with Crippen LogP contribution < -0.4 is 10.1 Å². The number of ether oxygens (including phenoxy) is 1. The quantitative estimate of drug-likeness (QED) is 0.473. The van der Waals surface area contributed by atoms with Crippen molar-refractivity contribution in [1.82, 2.24) is 4.98 Å². The Kier molecular flexibility index (Phi) is 6.08. The highest BCUT2D eigenvalue weighted by Gasteiger charge is 2.33. The van der Waals surface area contributed by atoms with Gasteiger partial charge in [0.2, 0.25) is 5.91 Å². The number of fused-ring (bicyclic) bond motifs is 1. The number of rotatable bonds is 5. The van der Waals surface area contributed by atoms with Gasteiger partial charge in [0.15, 0.2) is 0 Å². The normalized spacial score (nSPS) is 18.2. The number of nitrogens with one attached hydrogen (secondary N) is 1. The molecule has 4 rings (SSSR count). The Labute approximate surface area is 187 Å². The van der Waals surface area contributed by atoms with Crippen molar-refractivity contribution in [2.24, 2.45) is 5.41 Å². The molecule has 164 valence electrons. The fraction of sp³-hybridized carbons (Fsp3) is 0.259. The topological polar surface area (TPSA) is 51.2 Å². The number of amides is 1. The van der Waals surface area contributed by atoms with Crippen molar-refractivity contribution in [2.45, 2.75) is 39.7 Å². The third-order valence-electron chi connectivity index (χ3n) is 6.10. The van der Waals surface area contributed by atoms with Gasteiger partial charge in [0.05, 0.1) is 0 Å². The predicted molar refractivity (Wildman–Crippen MR) is 126 cm³/mol. The molecule has 1 N–H and O–H groups in total. The first kappa shape index (κ1) is 21.8. The summed E-state index contributed by atoms with van der Waals surface area (Å²) in [6, 6.07) is 13.7. The maximum atomic E-state index is 13.2. The second kappa shape index (κ2) is 8.95. The molecule has 1 aliphatic rings. The maximum absolute atomic E-state index is 13.2. The molecule has 0 saturated heterocycles. The van der Waals surface area contributed by atoms with Crippen LogP contribution in [-0.4, -0.2) is 17.0 Å². The lowest BCUT2D eigenvalue weighted by Crippen LogP contribution is -2.31. The number of allylic oxidation sites excluding steroid dienone is 2. The van der Waals surface area contributed by atoms with E-state index >= 15 is 0 Å². The summed E-state index contributed by atoms with van der Waals surface area (Å²) in [5.41, 5.74) is 2.86. The van der Waals surface area contributed by atoms with E-state index in [1.165, 1.54) is 12.1 Å². The summed E-state index contributed by atoms with van der Waals surface area (Å²) >= 11 is 0. The number of halogens is 1. The van der Waals surface area contributed by atoms with E-state index in [2.05, 4.69) is 24.1 Å². The van der Waals surface area contributed by atoms with Crippen LogP contribution >= 0.6 is 0 Å². The highest BCUT2D eigenvalue weighted by atomic mass is 19.1. The van der Waals surface area contributed by atoms with Crippen LogP contribution in [0, 0.1) is 11.2 Å². The average Bonchev–Trinajstić information content (AvgIpc) is 2.77. The van der Waals surface area contributed by atoms with Gasteiger partial charge in [-0.25, -0.2) is 4.39 Å². The van der Waals surface area contributed by atoms with Gasteiger partial charge >= 0.3 is 0 Å². The molecule has 1 aromatic heterocycles. The van der Waals surface area contributed by atoms with Gasteiger partial charge in [0.25, 0.3) is 0 Å². The third kappa shape index (κ3) is 4.72. The van der Waals surface area contributed by atoms with Crippen LogP contribution in [0.25, 0.3) is 10.8 Å². The van der Waals surface area contributed by atoms with Crippen molar-refractivity contribution in [3.8, 4) is 5.75 Å². The first-order valence-electron chi connectivity index (χ1n) is 10.8. The largest absolute Gasteiger partial charge is 0.486 e. The molecule has 4 nitrogen and oxygen atoms in total. The van der Waals surface area contributed by atoms with E-state index in [0.717, 1.165) is 40.4 Å². The van der Waals surface area contributed by atoms with Gasteiger partial charge in [0.1, 0.15) is 17.7 Å². The number of nitrogens with zero attached hydrogens (tertiary/aromatic N) is 1. The second-order valence-electron chi connectivity index (χ2n) is 8.80. The van der Waals surface area contributed by atoms with Crippen LogP contribution in [0.5, 0.6) is 5.75 Å². The summed E-state index contributed by atoms with van der Waals surface area (Å²) in [5.74, 6) is 0.167. The maximum Gasteiger partial charge on any atom is 0.248 e. The molecule has 0 spiro atoms. The number of benzene rings is 2. The van der Waals surface area contributed by atoms with Crippen LogP contribution in [0.15, 0.2) is 84.2 Å². The van der Waals surface area contributed by atoms with Gasteiger partial charge in [-0.1, -0.05) is 32.1 Å². The van der Waals surface area contributed by atoms with Crippen molar-refractivity contribution < 1.29 is 13.9 Å². The van der Waals surface area contributed by atoms with Crippen molar-refractivity contribution in [3.63, 3.8) is 0 Å². The first-order valence-corrected chi connectivity index (χ1v) is 10.8. The zero-order valence-corrected chi connectivity index (χ0v) is 18.6. The summed E-state index contributed by atoms with van der Waals surface area (Å²) in [6.45, 7) is 6.41. The molecule has 1 unspecified atom stereocenters. The number of carbonyl (C=O) groups is 1. The average molecular weight is 431 g/mol. The van der Waals surface area contributed by atoms with Crippen LogP contribution in [-0.2, 0) is 4.79 Å². The molecule has 0 radical (unpaired) electrons. The molecule has 2 aromatic carbocycles. The molecule has 0 aliphatic heterocycles. The van der Waals surface area contributed by atoms with Crippen LogP contribution in [0.2, 0.25) is 0 Å². The molecule has 1 amide bonds. The Hall–Kier alpha value is -3.47. The van der Waals surface area contributed by atoms with Gasteiger partial charge in [0, 0.05) is 34.9 Å². The summed E-state index contributed by atoms with van der Waals surface area (Å²) in [5, 5.41) is 4.90. The molecule has 5 heteroatoms. The predicted octanol–water partition coefficient (Wildman–Crippen LogP) is 6.45. The molecule has 1 atom stereocenters. The van der Waals surface area contributed by atoms with Gasteiger partial charge in [-0.15, -0.1) is 0 Å². The van der Waals surface area contributed by atoms with E-state index in [0.29, 0.717) is 5.75 Å². The Bertz CT molecular complexity index is 1190. The molecule has 0 fully saturated rings. The lowest BCUT2D eigenvalue weighted by Gasteiger charge is -2.37. The van der Waals surface area contributed by atoms with Gasteiger partial charge < -0.3 is 10.1 Å². The van der Waals surface area contributed by atoms with E-state index in [4.69, 9.17) is 4.74 Å². The van der Waals surface area contributed by atoms with Crippen LogP contribution in [0.3, 0.4) is 0 Å². The third-order valence-corrected chi connectivity index (χ3v) is 6.10. The number of hydrogen-bond acceptors (Lipinski definition) is 3. The first-order chi connectivity index (χ1) is 15.3. The molecule has 0 bridgehead atoms. The monoisotopic (exact) mass is 430 g/mol. The minimum Gasteiger partial charge on any atom is -0.486 e. The molecular formula is C27H27FN2O2. The Morgan fingerprint density at radius 2 is 1.97 bits per heavy atom. The number of hydrogen-bond donors (Lipinski definition) is 1. The molecule has 3 aromatic rings. The highest BCUT2D eigenvalue weighted by molar-refractivity contribution is 6.06. The minimum absolute atomic E-state index is 0.0748. The molecule has 1 aliphatic carbocycles. The Morgan fingerprint density at radius 3 is 2.75 bits per heavy atom. The Balaban J connectivity index is 1.54. The standard InChI is InChI=1S/C27H27FN2O2/c1-18-23(27(2,3)15-13-25(18)32-21-9-7-20(28)8-10-21)11-12-26(31)30-24-6-4-5-19-17-29-16-14-22(19)24/h4-12,14,16-17,25H,13,15H2,1-3H3,(H,30,31). The fourth-order valence-electron chi connectivity index (χ4n) is 4.30. The van der Waals surface area contributed by atoms with Gasteiger partial charge in [-0.05, 0) is 72.7 Å². The lowest BCUT2D eigenvalue weighted by molar-refractivity contribution is -0.111. The lowest BCUT2D eigenvalue weighted by atomic mass is 9.71. The van der Waals surface area contributed by atoms with Crippen molar-refractivity contribution in [2.75, 3.05) is 5.32 Å². The molecule has 32 heavy (non-hydrogen) atoms. The van der Waals surface area contributed by atoms with E-state index < -0.39 is 0 Å². The van der Waals surface area contributed by atoms with Crippen LogP contribution in [0.1, 0.15) is 33.6 Å². The van der Waals surface area contributed by atoms with E-state index in [-0.39, 0.29) is 23.2 Å². The summed E-state index contributed by atoms with van der Waals surface area (Å²) in [7, 11) is 0. The molecular weight excluding hydrogens is 403 g/mol. The van der Waals surface area contributed by atoms with E-state index in [1.807, 2.05) is 37.3 Å². The van der Waals surface area contributed by atoms with Crippen molar-refractivity contribution >= 4 is 22.4 Å². The van der Waals surface area contributed by atoms with Crippen LogP contribution in [0.4, 0.5) is 10.1 Å².